The van der Waals surface area contributed by atoms with Gasteiger partial charge in [0.2, 0.25) is 5.91 Å². The molecule has 1 saturated heterocycles. The lowest BCUT2D eigenvalue weighted by Gasteiger charge is -2.36. The molecule has 0 radical (unpaired) electrons. The van der Waals surface area contributed by atoms with Crippen LogP contribution in [0.4, 0.5) is 5.69 Å². The molecule has 0 aliphatic carbocycles. The number of benzene rings is 1. The number of carbonyl (C=O) groups is 1. The van der Waals surface area contributed by atoms with Crippen molar-refractivity contribution in [3.05, 3.63) is 29.8 Å². The van der Waals surface area contributed by atoms with E-state index in [1.807, 2.05) is 0 Å². The second kappa shape index (κ2) is 8.66. The van der Waals surface area contributed by atoms with Gasteiger partial charge in [0.1, 0.15) is 0 Å². The fourth-order valence-corrected chi connectivity index (χ4v) is 2.99. The molecule has 5 nitrogen and oxygen atoms in total. The topological polar surface area (TPSA) is 59.4 Å². The molecule has 1 N–H and O–H groups in total. The Morgan fingerprint density at radius 3 is 2.57 bits per heavy atom. The van der Waals surface area contributed by atoms with Gasteiger partial charge in [-0.05, 0) is 63.8 Å². The minimum Gasteiger partial charge on any atom is -0.326 e. The van der Waals surface area contributed by atoms with Gasteiger partial charge in [0.15, 0.2) is 0 Å². The normalized spacial score (nSPS) is 16.3. The highest BCUT2D eigenvalue weighted by atomic mass is 16.1. The zero-order chi connectivity index (χ0) is 16.7. The molecule has 0 spiro atoms. The highest BCUT2D eigenvalue weighted by Crippen LogP contribution is 2.15. The highest BCUT2D eigenvalue weighted by Gasteiger charge is 2.21. The van der Waals surface area contributed by atoms with Crippen molar-refractivity contribution in [1.29, 1.82) is 5.26 Å². The van der Waals surface area contributed by atoms with Crippen LogP contribution in [0, 0.1) is 11.3 Å². The van der Waals surface area contributed by atoms with Crippen LogP contribution in [0.15, 0.2) is 24.3 Å². The van der Waals surface area contributed by atoms with Crippen LogP contribution in [0.5, 0.6) is 0 Å². The van der Waals surface area contributed by atoms with Crippen molar-refractivity contribution < 1.29 is 4.79 Å². The van der Waals surface area contributed by atoms with Crippen LogP contribution < -0.4 is 5.32 Å². The van der Waals surface area contributed by atoms with E-state index in [4.69, 9.17) is 5.26 Å². The Morgan fingerprint density at radius 1 is 1.35 bits per heavy atom. The van der Waals surface area contributed by atoms with Gasteiger partial charge in [-0.1, -0.05) is 6.92 Å². The summed E-state index contributed by atoms with van der Waals surface area (Å²) in [5.74, 6) is 0.0209. The highest BCUT2D eigenvalue weighted by molar-refractivity contribution is 5.90. The number of nitrogens with one attached hydrogen (secondary N) is 1. The third-order valence-corrected chi connectivity index (χ3v) is 4.62. The number of carbonyl (C=O) groups excluding carboxylic acids is 1. The molecule has 0 saturated carbocycles. The molecule has 23 heavy (non-hydrogen) atoms. The fraction of sp³-hybridized carbons (Fsp3) is 0.556. The maximum atomic E-state index is 12.0. The van der Waals surface area contributed by atoms with Gasteiger partial charge in [-0.3, -0.25) is 4.79 Å². The van der Waals surface area contributed by atoms with Gasteiger partial charge >= 0.3 is 0 Å². The van der Waals surface area contributed by atoms with Crippen molar-refractivity contribution >= 4 is 11.6 Å². The summed E-state index contributed by atoms with van der Waals surface area (Å²) in [5.41, 5.74) is 1.34. The van der Waals surface area contributed by atoms with E-state index in [0.29, 0.717) is 18.0 Å². The van der Waals surface area contributed by atoms with Crippen molar-refractivity contribution in [2.45, 2.75) is 32.2 Å². The SMILES string of the molecule is CCN1CCC(N(C)CCC(=O)Nc2ccc(C#N)cc2)CC1. The predicted molar refractivity (Wildman–Crippen MR) is 92.2 cm³/mol. The molecule has 0 aromatic heterocycles. The first-order chi connectivity index (χ1) is 11.1. The monoisotopic (exact) mass is 314 g/mol. The Balaban J connectivity index is 1.72. The van der Waals surface area contributed by atoms with Crippen LogP contribution in [-0.2, 0) is 4.79 Å². The third-order valence-electron chi connectivity index (χ3n) is 4.62. The van der Waals surface area contributed by atoms with E-state index in [1.54, 1.807) is 24.3 Å². The lowest BCUT2D eigenvalue weighted by Crippen LogP contribution is -2.43. The van der Waals surface area contributed by atoms with Crippen molar-refractivity contribution in [2.24, 2.45) is 0 Å². The summed E-state index contributed by atoms with van der Waals surface area (Å²) >= 11 is 0. The van der Waals surface area contributed by atoms with Crippen molar-refractivity contribution in [1.82, 2.24) is 9.80 Å². The van der Waals surface area contributed by atoms with Crippen LogP contribution in [0.25, 0.3) is 0 Å². The standard InChI is InChI=1S/C18H26N4O/c1-3-22-12-8-17(9-13-22)21(2)11-10-18(23)20-16-6-4-15(14-19)5-7-16/h4-7,17H,3,8-13H2,1-2H3,(H,20,23). The smallest absolute Gasteiger partial charge is 0.225 e. The van der Waals surface area contributed by atoms with Crippen LogP contribution in [0.2, 0.25) is 0 Å². The molecule has 124 valence electrons. The summed E-state index contributed by atoms with van der Waals surface area (Å²) in [6, 6.07) is 9.60. The Kier molecular flexibility index (Phi) is 6.57. The van der Waals surface area contributed by atoms with Gasteiger partial charge in [0, 0.05) is 24.7 Å². The molecule has 1 aliphatic rings. The maximum absolute atomic E-state index is 12.0. The molecule has 0 atom stereocenters. The number of amides is 1. The number of piperidine rings is 1. The van der Waals surface area contributed by atoms with Gasteiger partial charge < -0.3 is 15.1 Å². The number of nitriles is 1. The summed E-state index contributed by atoms with van der Waals surface area (Å²) < 4.78 is 0. The molecule has 1 amide bonds. The van der Waals surface area contributed by atoms with E-state index in [1.165, 1.54) is 12.8 Å². The van der Waals surface area contributed by atoms with Crippen molar-refractivity contribution in [3.8, 4) is 6.07 Å². The Hall–Kier alpha value is -1.90. The molecular formula is C18H26N4O. The molecule has 0 unspecified atom stereocenters. The van der Waals surface area contributed by atoms with E-state index < -0.39 is 0 Å². The number of nitrogens with zero attached hydrogens (tertiary/aromatic N) is 3. The summed E-state index contributed by atoms with van der Waals surface area (Å²) in [7, 11) is 2.11. The second-order valence-electron chi connectivity index (χ2n) is 6.13. The van der Waals surface area contributed by atoms with Crippen LogP contribution in [0.1, 0.15) is 31.7 Å². The Morgan fingerprint density at radius 2 is 2.00 bits per heavy atom. The maximum Gasteiger partial charge on any atom is 0.225 e. The van der Waals surface area contributed by atoms with Gasteiger partial charge in [-0.15, -0.1) is 0 Å². The largest absolute Gasteiger partial charge is 0.326 e. The summed E-state index contributed by atoms with van der Waals surface area (Å²) in [4.78, 5) is 16.8. The van der Waals surface area contributed by atoms with Gasteiger partial charge in [0.05, 0.1) is 11.6 Å². The molecular weight excluding hydrogens is 288 g/mol. The molecule has 1 aromatic carbocycles. The quantitative estimate of drug-likeness (QED) is 0.875. The minimum absolute atomic E-state index is 0.0209. The first-order valence-electron chi connectivity index (χ1n) is 8.35. The zero-order valence-electron chi connectivity index (χ0n) is 14.1. The number of hydrogen-bond acceptors (Lipinski definition) is 4. The van der Waals surface area contributed by atoms with E-state index in [2.05, 4.69) is 35.2 Å². The van der Waals surface area contributed by atoms with Crippen LogP contribution in [-0.4, -0.2) is 55.0 Å². The molecule has 5 heteroatoms. The average molecular weight is 314 g/mol. The molecule has 1 heterocycles. The predicted octanol–water partition coefficient (Wildman–Crippen LogP) is 2.30. The summed E-state index contributed by atoms with van der Waals surface area (Å²) in [6.07, 6.45) is 2.85. The van der Waals surface area contributed by atoms with E-state index in [-0.39, 0.29) is 5.91 Å². The zero-order valence-corrected chi connectivity index (χ0v) is 14.1. The van der Waals surface area contributed by atoms with Crippen LogP contribution >= 0.6 is 0 Å². The molecule has 2 rings (SSSR count). The molecule has 0 bridgehead atoms. The van der Waals surface area contributed by atoms with E-state index in [0.717, 1.165) is 31.9 Å². The Bertz CT molecular complexity index is 541. The molecule has 1 fully saturated rings. The number of rotatable bonds is 6. The van der Waals surface area contributed by atoms with E-state index in [9.17, 15) is 4.79 Å². The van der Waals surface area contributed by atoms with Gasteiger partial charge in [-0.2, -0.15) is 5.26 Å². The van der Waals surface area contributed by atoms with E-state index >= 15 is 0 Å². The van der Waals surface area contributed by atoms with Crippen molar-refractivity contribution in [3.63, 3.8) is 0 Å². The summed E-state index contributed by atoms with van der Waals surface area (Å²) in [5, 5.41) is 11.7. The number of hydrogen-bond donors (Lipinski definition) is 1. The van der Waals surface area contributed by atoms with Gasteiger partial charge in [0.25, 0.3) is 0 Å². The van der Waals surface area contributed by atoms with Gasteiger partial charge in [-0.25, -0.2) is 0 Å². The number of likely N-dealkylation sites (tertiary alicyclic amines) is 1. The lowest BCUT2D eigenvalue weighted by atomic mass is 10.0. The minimum atomic E-state index is 0.0209. The molecule has 1 aromatic rings. The third kappa shape index (κ3) is 5.34. The Labute approximate surface area is 138 Å². The van der Waals surface area contributed by atoms with Crippen LogP contribution in [0.3, 0.4) is 0 Å². The number of anilines is 1. The second-order valence-corrected chi connectivity index (χ2v) is 6.13. The summed E-state index contributed by atoms with van der Waals surface area (Å²) in [6.45, 7) is 6.42. The first-order valence-corrected chi connectivity index (χ1v) is 8.35. The lowest BCUT2D eigenvalue weighted by molar-refractivity contribution is -0.116. The first kappa shape index (κ1) is 17.5. The molecule has 1 aliphatic heterocycles. The fourth-order valence-electron chi connectivity index (χ4n) is 2.99. The average Bonchev–Trinajstić information content (AvgIpc) is 2.60. The van der Waals surface area contributed by atoms with Crippen molar-refractivity contribution in [2.75, 3.05) is 38.5 Å².